The molecule has 1 heterocycles. The lowest BCUT2D eigenvalue weighted by atomic mass is 10.1. The van der Waals surface area contributed by atoms with Gasteiger partial charge in [-0.3, -0.25) is 0 Å². The minimum atomic E-state index is -0.454. The molecule has 0 unspecified atom stereocenters. The van der Waals surface area contributed by atoms with Crippen LogP contribution in [0, 0.1) is 18.3 Å². The number of para-hydroxylation sites is 1. The second kappa shape index (κ2) is 7.83. The quantitative estimate of drug-likeness (QED) is 0.302. The summed E-state index contributed by atoms with van der Waals surface area (Å²) in [7, 11) is 0. The van der Waals surface area contributed by atoms with Gasteiger partial charge in [-0.1, -0.05) is 42.5 Å². The van der Waals surface area contributed by atoms with Crippen molar-refractivity contribution in [3.63, 3.8) is 0 Å². The molecule has 0 aliphatic rings. The Bertz CT molecular complexity index is 1260. The Morgan fingerprint density at radius 3 is 2.62 bits per heavy atom. The number of H-pyrrole nitrogens is 1. The fourth-order valence-corrected chi connectivity index (χ4v) is 2.99. The minimum Gasteiger partial charge on any atom is -0.422 e. The van der Waals surface area contributed by atoms with Crippen molar-refractivity contribution in [3.8, 4) is 11.8 Å². The Kier molecular flexibility index (Phi) is 4.91. The van der Waals surface area contributed by atoms with Gasteiger partial charge in [0.1, 0.15) is 17.6 Å². The first-order chi connectivity index (χ1) is 14.1. The topological polar surface area (TPSA) is 78.8 Å². The first-order valence-electron chi connectivity index (χ1n) is 9.09. The van der Waals surface area contributed by atoms with Gasteiger partial charge >= 0.3 is 5.97 Å². The molecule has 0 spiro atoms. The third-order valence-electron chi connectivity index (χ3n) is 4.44. The Balaban J connectivity index is 1.69. The number of aromatic amines is 1. The average Bonchev–Trinajstić information content (AvgIpc) is 3.16. The second-order valence-corrected chi connectivity index (χ2v) is 6.57. The van der Waals surface area contributed by atoms with E-state index >= 15 is 0 Å². The lowest BCUT2D eigenvalue weighted by molar-refractivity contribution is 0.0734. The lowest BCUT2D eigenvalue weighted by Gasteiger charge is -2.07. The summed E-state index contributed by atoms with van der Waals surface area (Å²) in [6.45, 7) is 2.00. The minimum absolute atomic E-state index is 0.349. The fourth-order valence-electron chi connectivity index (χ4n) is 2.99. The summed E-state index contributed by atoms with van der Waals surface area (Å²) in [6.07, 6.45) is 1.66. The van der Waals surface area contributed by atoms with Gasteiger partial charge in [0.25, 0.3) is 0 Å². The SMILES string of the molecule is Cc1ccc2nc(/C(C#N)=C/c3ccccc3OC(=O)c3ccccc3)[nH]c2c1. The van der Waals surface area contributed by atoms with Crippen molar-refractivity contribution < 1.29 is 9.53 Å². The molecule has 4 rings (SSSR count). The molecular weight excluding hydrogens is 362 g/mol. The van der Waals surface area contributed by atoms with Crippen LogP contribution in [0.3, 0.4) is 0 Å². The van der Waals surface area contributed by atoms with Crippen LogP contribution in [0.2, 0.25) is 0 Å². The number of rotatable bonds is 4. The number of aromatic nitrogens is 2. The van der Waals surface area contributed by atoms with Crippen LogP contribution in [-0.4, -0.2) is 15.9 Å². The van der Waals surface area contributed by atoms with E-state index in [2.05, 4.69) is 16.0 Å². The third kappa shape index (κ3) is 3.92. The van der Waals surface area contributed by atoms with Gasteiger partial charge in [0.2, 0.25) is 0 Å². The molecular formula is C24H17N3O2. The van der Waals surface area contributed by atoms with Gasteiger partial charge in [-0.25, -0.2) is 9.78 Å². The normalized spacial score (nSPS) is 11.2. The van der Waals surface area contributed by atoms with Crippen LogP contribution in [0.15, 0.2) is 72.8 Å². The molecule has 140 valence electrons. The summed E-state index contributed by atoms with van der Waals surface area (Å²) in [5, 5.41) is 9.69. The van der Waals surface area contributed by atoms with E-state index in [-0.39, 0.29) is 0 Å². The van der Waals surface area contributed by atoms with Crippen LogP contribution < -0.4 is 4.74 Å². The number of carbonyl (C=O) groups excluding carboxylic acids is 1. The molecule has 1 N–H and O–H groups in total. The fraction of sp³-hybridized carbons (Fsp3) is 0.0417. The third-order valence-corrected chi connectivity index (χ3v) is 4.44. The Labute approximate surface area is 167 Å². The average molecular weight is 379 g/mol. The number of benzene rings is 3. The predicted octanol–water partition coefficient (Wildman–Crippen LogP) is 5.15. The van der Waals surface area contributed by atoms with Gasteiger partial charge in [0.15, 0.2) is 0 Å². The van der Waals surface area contributed by atoms with Crippen molar-refractivity contribution in [2.45, 2.75) is 6.92 Å². The summed E-state index contributed by atoms with van der Waals surface area (Å²) in [5.41, 5.74) is 4.18. The molecule has 0 aliphatic heterocycles. The number of nitriles is 1. The molecule has 1 aromatic heterocycles. The molecule has 0 atom stereocenters. The number of nitrogens with zero attached hydrogens (tertiary/aromatic N) is 2. The highest BCUT2D eigenvalue weighted by Gasteiger charge is 2.13. The number of carbonyl (C=O) groups is 1. The zero-order valence-corrected chi connectivity index (χ0v) is 15.7. The Morgan fingerprint density at radius 1 is 1.07 bits per heavy atom. The maximum absolute atomic E-state index is 12.4. The van der Waals surface area contributed by atoms with Crippen molar-refractivity contribution >= 4 is 28.7 Å². The van der Waals surface area contributed by atoms with Gasteiger partial charge in [0, 0.05) is 5.56 Å². The lowest BCUT2D eigenvalue weighted by Crippen LogP contribution is -2.08. The smallest absolute Gasteiger partial charge is 0.343 e. The molecule has 0 saturated heterocycles. The number of esters is 1. The number of hydrogen-bond acceptors (Lipinski definition) is 4. The predicted molar refractivity (Wildman–Crippen MR) is 112 cm³/mol. The Morgan fingerprint density at radius 2 is 1.83 bits per heavy atom. The van der Waals surface area contributed by atoms with E-state index in [0.29, 0.717) is 28.3 Å². The highest BCUT2D eigenvalue weighted by atomic mass is 16.5. The first-order valence-corrected chi connectivity index (χ1v) is 9.09. The number of allylic oxidation sites excluding steroid dienone is 1. The van der Waals surface area contributed by atoms with E-state index in [0.717, 1.165) is 16.6 Å². The van der Waals surface area contributed by atoms with Gasteiger partial charge in [-0.05, 0) is 48.9 Å². The number of ether oxygens (including phenoxy) is 1. The van der Waals surface area contributed by atoms with Crippen LogP contribution in [-0.2, 0) is 0 Å². The van der Waals surface area contributed by atoms with E-state index in [4.69, 9.17) is 4.74 Å². The van der Waals surface area contributed by atoms with Crippen molar-refractivity contribution in [1.82, 2.24) is 9.97 Å². The van der Waals surface area contributed by atoms with Crippen LogP contribution >= 0.6 is 0 Å². The first kappa shape index (κ1) is 18.2. The zero-order valence-electron chi connectivity index (χ0n) is 15.7. The largest absolute Gasteiger partial charge is 0.422 e. The number of imidazole rings is 1. The van der Waals surface area contributed by atoms with E-state index in [1.807, 2.05) is 37.3 Å². The highest BCUT2D eigenvalue weighted by molar-refractivity contribution is 5.94. The summed E-state index contributed by atoms with van der Waals surface area (Å²) in [5.74, 6) is 0.391. The molecule has 29 heavy (non-hydrogen) atoms. The molecule has 4 aromatic rings. The van der Waals surface area contributed by atoms with Crippen molar-refractivity contribution in [3.05, 3.63) is 95.3 Å². The van der Waals surface area contributed by atoms with Crippen molar-refractivity contribution in [2.75, 3.05) is 0 Å². The van der Waals surface area contributed by atoms with Gasteiger partial charge in [-0.15, -0.1) is 0 Å². The van der Waals surface area contributed by atoms with Gasteiger partial charge in [-0.2, -0.15) is 5.26 Å². The number of aryl methyl sites for hydroxylation is 1. The highest BCUT2D eigenvalue weighted by Crippen LogP contribution is 2.25. The van der Waals surface area contributed by atoms with E-state index in [9.17, 15) is 10.1 Å². The molecule has 0 aliphatic carbocycles. The number of nitrogens with one attached hydrogen (secondary N) is 1. The molecule has 0 saturated carbocycles. The van der Waals surface area contributed by atoms with Crippen LogP contribution in [0.4, 0.5) is 0 Å². The van der Waals surface area contributed by atoms with Crippen LogP contribution in [0.25, 0.3) is 22.7 Å². The summed E-state index contributed by atoms with van der Waals surface area (Å²) >= 11 is 0. The van der Waals surface area contributed by atoms with Gasteiger partial charge < -0.3 is 9.72 Å². The monoisotopic (exact) mass is 379 g/mol. The second-order valence-electron chi connectivity index (χ2n) is 6.57. The number of fused-ring (bicyclic) bond motifs is 1. The van der Waals surface area contributed by atoms with Gasteiger partial charge in [0.05, 0.1) is 22.2 Å². The van der Waals surface area contributed by atoms with Crippen LogP contribution in [0.1, 0.15) is 27.3 Å². The molecule has 0 fully saturated rings. The zero-order chi connectivity index (χ0) is 20.2. The van der Waals surface area contributed by atoms with Crippen molar-refractivity contribution in [1.29, 1.82) is 5.26 Å². The standard InChI is InChI=1S/C24H17N3O2/c1-16-11-12-20-21(13-16)27-23(26-20)19(15-25)14-18-9-5-6-10-22(18)29-24(28)17-7-3-2-4-8-17/h2-14H,1H3,(H,26,27)/b19-14+. The summed E-state index contributed by atoms with van der Waals surface area (Å²) in [6, 6.07) is 23.9. The van der Waals surface area contributed by atoms with Crippen LogP contribution in [0.5, 0.6) is 5.75 Å². The molecule has 5 heteroatoms. The van der Waals surface area contributed by atoms with E-state index < -0.39 is 5.97 Å². The number of hydrogen-bond donors (Lipinski definition) is 1. The van der Waals surface area contributed by atoms with E-state index in [1.54, 1.807) is 48.5 Å². The molecule has 0 radical (unpaired) electrons. The molecule has 3 aromatic carbocycles. The molecule has 0 bridgehead atoms. The van der Waals surface area contributed by atoms with Crippen molar-refractivity contribution in [2.24, 2.45) is 0 Å². The summed E-state index contributed by atoms with van der Waals surface area (Å²) < 4.78 is 5.56. The molecule has 5 nitrogen and oxygen atoms in total. The maximum Gasteiger partial charge on any atom is 0.343 e. The molecule has 0 amide bonds. The van der Waals surface area contributed by atoms with E-state index in [1.165, 1.54) is 0 Å². The Hall–Kier alpha value is -4.17. The maximum atomic E-state index is 12.4. The summed E-state index contributed by atoms with van der Waals surface area (Å²) in [4.78, 5) is 20.1.